The number of aryl methyl sites for hydroxylation is 2. The number of aromatic nitrogens is 2. The molecule has 1 amide bonds. The maximum Gasteiger partial charge on any atom is 0.275 e. The number of nitrogen functional groups attached to an aromatic ring is 1. The molecular weight excluding hydrogens is 350 g/mol. The first-order chi connectivity index (χ1) is 13.5. The molecule has 1 aromatic heterocycles. The smallest absolute Gasteiger partial charge is 0.275 e. The normalized spacial score (nSPS) is 15.5. The van der Waals surface area contributed by atoms with Crippen LogP contribution in [0.15, 0.2) is 48.7 Å². The average molecular weight is 371 g/mol. The Morgan fingerprint density at radius 2 is 2.00 bits per heavy atom. The van der Waals surface area contributed by atoms with Gasteiger partial charge in [0.25, 0.3) is 5.91 Å². The molecule has 140 valence electrons. The van der Waals surface area contributed by atoms with Crippen molar-refractivity contribution in [1.82, 2.24) is 9.55 Å². The van der Waals surface area contributed by atoms with Crippen LogP contribution in [-0.2, 0) is 13.0 Å². The van der Waals surface area contributed by atoms with Crippen molar-refractivity contribution in [3.8, 4) is 11.1 Å². The first kappa shape index (κ1) is 17.8. The Morgan fingerprint density at radius 3 is 2.75 bits per heavy atom. The first-order valence-corrected chi connectivity index (χ1v) is 9.24. The molecule has 3 aromatic rings. The van der Waals surface area contributed by atoms with Crippen molar-refractivity contribution in [2.24, 2.45) is 0 Å². The third kappa shape index (κ3) is 3.47. The van der Waals surface area contributed by atoms with Gasteiger partial charge in [-0.1, -0.05) is 35.9 Å². The molecule has 0 bridgehead atoms. The molecule has 2 heterocycles. The second-order valence-corrected chi connectivity index (χ2v) is 7.14. The van der Waals surface area contributed by atoms with E-state index in [9.17, 15) is 4.79 Å². The number of amides is 1. The van der Waals surface area contributed by atoms with Crippen molar-refractivity contribution in [3.05, 3.63) is 77.2 Å². The fourth-order valence-electron chi connectivity index (χ4n) is 3.42. The van der Waals surface area contributed by atoms with Crippen LogP contribution in [0.3, 0.4) is 0 Å². The van der Waals surface area contributed by atoms with E-state index < -0.39 is 0 Å². The number of hydrogen-bond acceptors (Lipinski definition) is 3. The molecule has 0 aliphatic carbocycles. The average Bonchev–Trinajstić information content (AvgIpc) is 3.13. The van der Waals surface area contributed by atoms with Crippen LogP contribution in [0.1, 0.15) is 28.3 Å². The summed E-state index contributed by atoms with van der Waals surface area (Å²) in [7, 11) is 0. The number of benzene rings is 2. The predicted octanol–water partition coefficient (Wildman–Crippen LogP) is 3.93. The van der Waals surface area contributed by atoms with E-state index in [0.29, 0.717) is 30.0 Å². The molecule has 1 unspecified atom stereocenters. The van der Waals surface area contributed by atoms with Gasteiger partial charge in [-0.2, -0.15) is 0 Å². The summed E-state index contributed by atoms with van der Waals surface area (Å²) >= 11 is 0. The van der Waals surface area contributed by atoms with Crippen molar-refractivity contribution in [2.75, 3.05) is 11.1 Å². The minimum Gasteiger partial charge on any atom is -0.397 e. The van der Waals surface area contributed by atoms with Crippen LogP contribution >= 0.6 is 0 Å². The predicted molar refractivity (Wildman–Crippen MR) is 110 cm³/mol. The summed E-state index contributed by atoms with van der Waals surface area (Å²) in [6.45, 7) is 9.84. The largest absolute Gasteiger partial charge is 0.397 e. The number of rotatable bonds is 3. The third-order valence-electron chi connectivity index (χ3n) is 5.07. The number of anilines is 2. The number of nitrogens with zero attached hydrogens (tertiary/aromatic N) is 3. The van der Waals surface area contributed by atoms with E-state index in [1.54, 1.807) is 12.3 Å². The second kappa shape index (κ2) is 7.20. The first-order valence-electron chi connectivity index (χ1n) is 9.24. The lowest BCUT2D eigenvalue weighted by Gasteiger charge is -2.14. The monoisotopic (exact) mass is 371 g/mol. The van der Waals surface area contributed by atoms with Gasteiger partial charge < -0.3 is 20.5 Å². The fraction of sp³-hybridized carbons (Fsp3) is 0.227. The van der Waals surface area contributed by atoms with Crippen molar-refractivity contribution < 1.29 is 4.79 Å². The van der Waals surface area contributed by atoms with Gasteiger partial charge in [-0.15, -0.1) is 0 Å². The SMILES string of the molecule is [C-]#[N+]C1CCc2nc(C(=O)Nc3cc(-c4ccc(C)cc4)ccc3N)cn2C1. The lowest BCUT2D eigenvalue weighted by Crippen LogP contribution is -2.21. The molecular formula is C22H21N5O. The molecule has 1 aliphatic heterocycles. The van der Waals surface area contributed by atoms with Gasteiger partial charge in [-0.3, -0.25) is 4.79 Å². The lowest BCUT2D eigenvalue weighted by atomic mass is 10.0. The zero-order chi connectivity index (χ0) is 19.7. The van der Waals surface area contributed by atoms with Gasteiger partial charge in [0.05, 0.1) is 17.9 Å². The Hall–Kier alpha value is -3.59. The number of hydrogen-bond donors (Lipinski definition) is 2. The van der Waals surface area contributed by atoms with Crippen LogP contribution in [0.25, 0.3) is 16.0 Å². The van der Waals surface area contributed by atoms with E-state index in [2.05, 4.69) is 27.3 Å². The molecule has 1 atom stereocenters. The number of carbonyl (C=O) groups is 1. The third-order valence-corrected chi connectivity index (χ3v) is 5.07. The van der Waals surface area contributed by atoms with Gasteiger partial charge >= 0.3 is 0 Å². The van der Waals surface area contributed by atoms with Crippen molar-refractivity contribution >= 4 is 17.3 Å². The zero-order valence-corrected chi connectivity index (χ0v) is 15.6. The highest BCUT2D eigenvalue weighted by atomic mass is 16.1. The van der Waals surface area contributed by atoms with Crippen molar-refractivity contribution in [2.45, 2.75) is 32.4 Å². The summed E-state index contributed by atoms with van der Waals surface area (Å²) in [4.78, 5) is 20.8. The Balaban J connectivity index is 1.57. The number of carbonyl (C=O) groups excluding carboxylic acids is 1. The molecule has 0 radical (unpaired) electrons. The summed E-state index contributed by atoms with van der Waals surface area (Å²) in [5.41, 5.74) is 10.7. The van der Waals surface area contributed by atoms with E-state index in [-0.39, 0.29) is 11.9 Å². The number of imidazole rings is 1. The van der Waals surface area contributed by atoms with Gasteiger partial charge in [-0.25, -0.2) is 11.6 Å². The van der Waals surface area contributed by atoms with Crippen molar-refractivity contribution in [3.63, 3.8) is 0 Å². The van der Waals surface area contributed by atoms with Crippen LogP contribution in [0.2, 0.25) is 0 Å². The zero-order valence-electron chi connectivity index (χ0n) is 15.6. The topological polar surface area (TPSA) is 77.3 Å². The summed E-state index contributed by atoms with van der Waals surface area (Å²) < 4.78 is 1.91. The van der Waals surface area contributed by atoms with E-state index in [1.165, 1.54) is 5.56 Å². The molecule has 4 rings (SSSR count). The number of nitrogens with one attached hydrogen (secondary N) is 1. The molecule has 2 aromatic carbocycles. The highest BCUT2D eigenvalue weighted by molar-refractivity contribution is 6.04. The van der Waals surface area contributed by atoms with E-state index in [0.717, 1.165) is 23.4 Å². The Labute approximate surface area is 163 Å². The van der Waals surface area contributed by atoms with Crippen LogP contribution in [0, 0.1) is 13.5 Å². The minimum absolute atomic E-state index is 0.0422. The molecule has 6 heteroatoms. The van der Waals surface area contributed by atoms with Crippen molar-refractivity contribution in [1.29, 1.82) is 0 Å². The van der Waals surface area contributed by atoms with E-state index in [1.807, 2.05) is 35.8 Å². The van der Waals surface area contributed by atoms with E-state index >= 15 is 0 Å². The summed E-state index contributed by atoms with van der Waals surface area (Å²) in [6, 6.07) is 13.8. The van der Waals surface area contributed by atoms with Crippen LogP contribution in [0.5, 0.6) is 0 Å². The van der Waals surface area contributed by atoms with Crippen LogP contribution in [0.4, 0.5) is 11.4 Å². The van der Waals surface area contributed by atoms with Gasteiger partial charge in [0.2, 0.25) is 6.04 Å². The Kier molecular flexibility index (Phi) is 4.58. The molecule has 28 heavy (non-hydrogen) atoms. The number of fused-ring (bicyclic) bond motifs is 1. The number of nitrogens with two attached hydrogens (primary N) is 1. The molecule has 0 fully saturated rings. The van der Waals surface area contributed by atoms with Crippen LogP contribution in [-0.4, -0.2) is 21.5 Å². The van der Waals surface area contributed by atoms with Gasteiger partial charge in [0.15, 0.2) is 0 Å². The molecule has 6 nitrogen and oxygen atoms in total. The van der Waals surface area contributed by atoms with Gasteiger partial charge in [0.1, 0.15) is 11.5 Å². The quantitative estimate of drug-likeness (QED) is 0.541. The molecule has 0 spiro atoms. The molecule has 0 saturated carbocycles. The molecule has 1 aliphatic rings. The fourth-order valence-corrected chi connectivity index (χ4v) is 3.42. The van der Waals surface area contributed by atoms with Gasteiger partial charge in [-0.05, 0) is 30.2 Å². The summed E-state index contributed by atoms with van der Waals surface area (Å²) in [5, 5.41) is 2.88. The standard InChI is InChI=1S/C22H21N5O/c1-14-3-5-15(6-4-14)16-7-9-18(23)19(11-16)26-22(28)20-13-27-12-17(24-2)8-10-21(27)25-20/h3-7,9,11,13,17H,8,10,12,23H2,1H3,(H,26,28). The molecule has 3 N–H and O–H groups in total. The highest BCUT2D eigenvalue weighted by Gasteiger charge is 2.25. The second-order valence-electron chi connectivity index (χ2n) is 7.14. The maximum absolute atomic E-state index is 12.7. The Morgan fingerprint density at radius 1 is 1.25 bits per heavy atom. The van der Waals surface area contributed by atoms with Crippen LogP contribution < -0.4 is 11.1 Å². The summed E-state index contributed by atoms with van der Waals surface area (Å²) in [6.07, 6.45) is 3.22. The van der Waals surface area contributed by atoms with E-state index in [4.69, 9.17) is 12.3 Å². The lowest BCUT2D eigenvalue weighted by molar-refractivity contribution is 0.102. The Bertz CT molecular complexity index is 1080. The minimum atomic E-state index is -0.297. The maximum atomic E-state index is 12.7. The molecule has 0 saturated heterocycles. The summed E-state index contributed by atoms with van der Waals surface area (Å²) in [5.74, 6) is 0.556. The van der Waals surface area contributed by atoms with Gasteiger partial charge in [0, 0.05) is 19.0 Å². The highest BCUT2D eigenvalue weighted by Crippen LogP contribution is 2.28.